The van der Waals surface area contributed by atoms with Gasteiger partial charge in [-0.15, -0.1) is 0 Å². The molecule has 1 rings (SSSR count). The molecule has 0 heterocycles. The summed E-state index contributed by atoms with van der Waals surface area (Å²) >= 11 is 0. The molecule has 49 valence electrons. The van der Waals surface area contributed by atoms with Crippen molar-refractivity contribution in [2.24, 2.45) is 0 Å². The molecule has 0 saturated heterocycles. The topological polar surface area (TPSA) is 9.23 Å². The zero-order valence-electron chi connectivity index (χ0n) is 5.85. The first-order valence-corrected chi connectivity index (χ1v) is 3.06. The molecule has 1 aliphatic rings. The molecule has 0 aliphatic heterocycles. The predicted octanol–water partition coefficient (Wildman–Crippen LogP) is 1.71. The molecule has 0 bridgehead atoms. The number of methoxy groups -OCH3 is 1. The number of ether oxygens (including phenoxy) is 1. The number of hydrogen-bond acceptors (Lipinski definition) is 1. The van der Waals surface area contributed by atoms with Gasteiger partial charge >= 0.3 is 0 Å². The van der Waals surface area contributed by atoms with Crippen LogP contribution in [0, 0.1) is 6.08 Å². The number of rotatable bonds is 1. The van der Waals surface area contributed by atoms with Crippen LogP contribution in [-0.4, -0.2) is 12.7 Å². The molecule has 0 saturated carbocycles. The summed E-state index contributed by atoms with van der Waals surface area (Å²) in [5.74, 6) is 0. The van der Waals surface area contributed by atoms with Crippen LogP contribution >= 0.6 is 0 Å². The summed E-state index contributed by atoms with van der Waals surface area (Å²) in [4.78, 5) is 0. The van der Waals surface area contributed by atoms with E-state index in [9.17, 15) is 0 Å². The summed E-state index contributed by atoms with van der Waals surface area (Å²) in [6, 6.07) is 0. The summed E-state index contributed by atoms with van der Waals surface area (Å²) in [5.41, 5.74) is -0.102. The van der Waals surface area contributed by atoms with Gasteiger partial charge in [0.05, 0.1) is 5.60 Å². The summed E-state index contributed by atoms with van der Waals surface area (Å²) in [6.45, 7) is 2.05. The zero-order valence-corrected chi connectivity index (χ0v) is 5.85. The van der Waals surface area contributed by atoms with Crippen LogP contribution in [0.3, 0.4) is 0 Å². The highest BCUT2D eigenvalue weighted by Gasteiger charge is 2.18. The van der Waals surface area contributed by atoms with Gasteiger partial charge in [0, 0.05) is 13.5 Å². The van der Waals surface area contributed by atoms with Crippen LogP contribution < -0.4 is 0 Å². The average Bonchev–Trinajstić information content (AvgIpc) is 1.90. The second kappa shape index (κ2) is 2.36. The molecule has 0 aromatic carbocycles. The van der Waals surface area contributed by atoms with Crippen molar-refractivity contribution < 1.29 is 4.74 Å². The number of hydrogen-bond donors (Lipinski definition) is 0. The van der Waals surface area contributed by atoms with Crippen LogP contribution in [0.2, 0.25) is 0 Å². The van der Waals surface area contributed by atoms with Gasteiger partial charge in [-0.25, -0.2) is 0 Å². The minimum Gasteiger partial charge on any atom is -0.374 e. The van der Waals surface area contributed by atoms with E-state index in [1.165, 1.54) is 0 Å². The van der Waals surface area contributed by atoms with E-state index < -0.39 is 0 Å². The Kier molecular flexibility index (Phi) is 1.72. The van der Waals surface area contributed by atoms with Crippen LogP contribution in [0.25, 0.3) is 0 Å². The lowest BCUT2D eigenvalue weighted by atomic mass is 9.98. The van der Waals surface area contributed by atoms with Crippen molar-refractivity contribution in [3.63, 3.8) is 0 Å². The molecule has 1 unspecified atom stereocenters. The van der Waals surface area contributed by atoms with E-state index in [1.807, 2.05) is 25.2 Å². The third-order valence-corrected chi connectivity index (χ3v) is 1.58. The Bertz CT molecular complexity index is 147. The number of allylic oxidation sites excluding steroid dienone is 2. The third-order valence-electron chi connectivity index (χ3n) is 1.58. The Morgan fingerprint density at radius 1 is 1.67 bits per heavy atom. The summed E-state index contributed by atoms with van der Waals surface area (Å²) in [6.07, 6.45) is 9.88. The molecular weight excluding hydrogens is 112 g/mol. The first-order chi connectivity index (χ1) is 4.27. The monoisotopic (exact) mass is 123 g/mol. The van der Waals surface area contributed by atoms with E-state index in [4.69, 9.17) is 4.74 Å². The lowest BCUT2D eigenvalue weighted by Gasteiger charge is -2.23. The van der Waals surface area contributed by atoms with E-state index >= 15 is 0 Å². The second-order valence-corrected chi connectivity index (χ2v) is 2.42. The quantitative estimate of drug-likeness (QED) is 0.515. The van der Waals surface area contributed by atoms with Gasteiger partial charge in [-0.3, -0.25) is 0 Å². The van der Waals surface area contributed by atoms with Gasteiger partial charge in [0.1, 0.15) is 0 Å². The summed E-state index contributed by atoms with van der Waals surface area (Å²) < 4.78 is 5.21. The van der Waals surface area contributed by atoms with Crippen LogP contribution in [0.1, 0.15) is 13.3 Å². The van der Waals surface area contributed by atoms with Crippen LogP contribution in [0.15, 0.2) is 18.2 Å². The predicted molar refractivity (Wildman–Crippen MR) is 37.0 cm³/mol. The van der Waals surface area contributed by atoms with Gasteiger partial charge in [-0.2, -0.15) is 0 Å². The van der Waals surface area contributed by atoms with Crippen molar-refractivity contribution in [1.82, 2.24) is 0 Å². The van der Waals surface area contributed by atoms with Gasteiger partial charge in [-0.05, 0) is 13.0 Å². The van der Waals surface area contributed by atoms with E-state index in [-0.39, 0.29) is 5.60 Å². The van der Waals surface area contributed by atoms with Crippen LogP contribution in [-0.2, 0) is 4.74 Å². The molecule has 1 heteroatoms. The lowest BCUT2D eigenvalue weighted by molar-refractivity contribution is 0.0490. The second-order valence-electron chi connectivity index (χ2n) is 2.42. The Balaban J connectivity index is 2.63. The summed E-state index contributed by atoms with van der Waals surface area (Å²) in [7, 11) is 1.72. The van der Waals surface area contributed by atoms with Gasteiger partial charge in [0.15, 0.2) is 0 Å². The van der Waals surface area contributed by atoms with Crippen molar-refractivity contribution in [2.75, 3.05) is 7.11 Å². The fraction of sp³-hybridized carbons (Fsp3) is 0.500. The molecule has 1 aliphatic carbocycles. The molecule has 0 fully saturated rings. The molecule has 9 heavy (non-hydrogen) atoms. The highest BCUT2D eigenvalue weighted by Crippen LogP contribution is 2.19. The normalized spacial score (nSPS) is 33.1. The van der Waals surface area contributed by atoms with Gasteiger partial charge in [0.2, 0.25) is 0 Å². The van der Waals surface area contributed by atoms with E-state index in [0.29, 0.717) is 0 Å². The third kappa shape index (κ3) is 1.42. The van der Waals surface area contributed by atoms with Crippen molar-refractivity contribution in [3.8, 4) is 0 Å². The smallest absolute Gasteiger partial charge is 0.0873 e. The first-order valence-electron chi connectivity index (χ1n) is 3.06. The maximum absolute atomic E-state index is 5.21. The molecule has 1 nitrogen and oxygen atoms in total. The first kappa shape index (κ1) is 6.56. The van der Waals surface area contributed by atoms with Crippen molar-refractivity contribution in [1.29, 1.82) is 0 Å². The van der Waals surface area contributed by atoms with E-state index in [2.05, 4.69) is 6.08 Å². The maximum atomic E-state index is 5.21. The zero-order chi connectivity index (χ0) is 6.74. The molecule has 1 atom stereocenters. The average molecular weight is 123 g/mol. The molecule has 0 aromatic heterocycles. The molecular formula is C8H11O. The van der Waals surface area contributed by atoms with Crippen LogP contribution in [0.5, 0.6) is 0 Å². The van der Waals surface area contributed by atoms with Crippen molar-refractivity contribution in [3.05, 3.63) is 24.3 Å². The SMILES string of the molecule is COC1(C)C=CC=[C]C1. The van der Waals surface area contributed by atoms with Crippen molar-refractivity contribution in [2.45, 2.75) is 18.9 Å². The highest BCUT2D eigenvalue weighted by atomic mass is 16.5. The minimum atomic E-state index is -0.102. The van der Waals surface area contributed by atoms with Crippen LogP contribution in [0.4, 0.5) is 0 Å². The largest absolute Gasteiger partial charge is 0.374 e. The maximum Gasteiger partial charge on any atom is 0.0873 e. The standard InChI is InChI=1S/C8H11O/c1-8(9-2)6-4-3-5-7-8/h3-4,6H,7H2,1-2H3. The Hall–Kier alpha value is -0.560. The molecule has 0 aromatic rings. The Morgan fingerprint density at radius 3 is 2.78 bits per heavy atom. The molecule has 0 N–H and O–H groups in total. The fourth-order valence-electron chi connectivity index (χ4n) is 0.780. The van der Waals surface area contributed by atoms with Gasteiger partial charge in [-0.1, -0.05) is 18.2 Å². The lowest BCUT2D eigenvalue weighted by Crippen LogP contribution is -2.24. The molecule has 0 spiro atoms. The van der Waals surface area contributed by atoms with Gasteiger partial charge < -0.3 is 4.74 Å². The molecule has 0 amide bonds. The summed E-state index contributed by atoms with van der Waals surface area (Å²) in [5, 5.41) is 0. The van der Waals surface area contributed by atoms with Gasteiger partial charge in [0.25, 0.3) is 0 Å². The minimum absolute atomic E-state index is 0.102. The van der Waals surface area contributed by atoms with E-state index in [1.54, 1.807) is 7.11 Å². The Morgan fingerprint density at radius 2 is 2.44 bits per heavy atom. The van der Waals surface area contributed by atoms with E-state index in [0.717, 1.165) is 6.42 Å². The Labute approximate surface area is 56.0 Å². The van der Waals surface area contributed by atoms with Crippen molar-refractivity contribution >= 4 is 0 Å². The fourth-order valence-corrected chi connectivity index (χ4v) is 0.780. The molecule has 1 radical (unpaired) electrons. The highest BCUT2D eigenvalue weighted by molar-refractivity contribution is 5.13.